The van der Waals surface area contributed by atoms with E-state index in [0.717, 1.165) is 46.9 Å². The van der Waals surface area contributed by atoms with Gasteiger partial charge >= 0.3 is 0 Å². The lowest BCUT2D eigenvalue weighted by atomic mass is 9.98. The fraction of sp³-hybridized carbons (Fsp3) is 0.375. The van der Waals surface area contributed by atoms with Gasteiger partial charge in [-0.2, -0.15) is 4.73 Å². The summed E-state index contributed by atoms with van der Waals surface area (Å²) in [6, 6.07) is 7.83. The molecule has 0 fully saturated rings. The van der Waals surface area contributed by atoms with Crippen LogP contribution in [0, 0.1) is 18.8 Å². The first-order chi connectivity index (χ1) is 9.59. The van der Waals surface area contributed by atoms with E-state index in [4.69, 9.17) is 0 Å². The summed E-state index contributed by atoms with van der Waals surface area (Å²) in [5, 5.41) is 10.3. The van der Waals surface area contributed by atoms with Gasteiger partial charge < -0.3 is 5.21 Å². The van der Waals surface area contributed by atoms with E-state index in [1.807, 2.05) is 31.2 Å². The molecule has 0 saturated carbocycles. The van der Waals surface area contributed by atoms with Crippen LogP contribution in [0.4, 0.5) is 0 Å². The van der Waals surface area contributed by atoms with Gasteiger partial charge in [-0.3, -0.25) is 0 Å². The maximum absolute atomic E-state index is 12.7. The molecular weight excluding hydrogens is 252 g/mol. The monoisotopic (exact) mass is 271 g/mol. The van der Waals surface area contributed by atoms with Crippen LogP contribution in [-0.2, 0) is 12.8 Å². The molecule has 3 rings (SSSR count). The van der Waals surface area contributed by atoms with Gasteiger partial charge in [-0.05, 0) is 45.2 Å². The van der Waals surface area contributed by atoms with Gasteiger partial charge in [0, 0.05) is 11.3 Å². The number of benzene rings is 1. The minimum Gasteiger partial charge on any atom is -0.428 e. The van der Waals surface area contributed by atoms with Crippen molar-refractivity contribution in [2.75, 3.05) is 0 Å². The average Bonchev–Trinajstić information content (AvgIpc) is 2.47. The SMILES string of the molecule is Cc1ccc(-c2c(C)n(O)c3c([n+]2=O)CCCC3)cc1. The summed E-state index contributed by atoms with van der Waals surface area (Å²) in [5.74, 6) is 0. The van der Waals surface area contributed by atoms with Crippen LogP contribution in [0.2, 0.25) is 0 Å². The Balaban J connectivity index is 2.28. The number of hydrogen-bond donors (Lipinski definition) is 1. The number of aryl methyl sites for hydroxylation is 1. The van der Waals surface area contributed by atoms with E-state index in [1.54, 1.807) is 6.92 Å². The van der Waals surface area contributed by atoms with Gasteiger partial charge in [0.05, 0.1) is 9.99 Å². The second-order valence-electron chi connectivity index (χ2n) is 5.51. The molecule has 4 heteroatoms. The molecule has 0 amide bonds. The van der Waals surface area contributed by atoms with Crippen LogP contribution in [0.25, 0.3) is 11.3 Å². The van der Waals surface area contributed by atoms with Crippen molar-refractivity contribution in [3.05, 3.63) is 51.8 Å². The van der Waals surface area contributed by atoms with Crippen molar-refractivity contribution in [2.45, 2.75) is 39.5 Å². The van der Waals surface area contributed by atoms with E-state index in [2.05, 4.69) is 0 Å². The summed E-state index contributed by atoms with van der Waals surface area (Å²) in [5.41, 5.74) is 4.62. The van der Waals surface area contributed by atoms with Gasteiger partial charge in [0.2, 0.25) is 0 Å². The highest BCUT2D eigenvalue weighted by molar-refractivity contribution is 5.59. The van der Waals surface area contributed by atoms with Crippen LogP contribution < -0.4 is 4.43 Å². The van der Waals surface area contributed by atoms with Gasteiger partial charge in [-0.15, -0.1) is 0 Å². The summed E-state index contributed by atoms with van der Waals surface area (Å²) in [6.45, 7) is 3.81. The molecule has 1 aromatic heterocycles. The average molecular weight is 271 g/mol. The van der Waals surface area contributed by atoms with Crippen molar-refractivity contribution in [1.82, 2.24) is 4.73 Å². The number of fused-ring (bicyclic) bond motifs is 1. The van der Waals surface area contributed by atoms with Crippen molar-refractivity contribution in [3.63, 3.8) is 0 Å². The minimum absolute atomic E-state index is 0.549. The molecule has 1 heterocycles. The summed E-state index contributed by atoms with van der Waals surface area (Å²) in [6.07, 6.45) is 3.53. The van der Waals surface area contributed by atoms with Crippen molar-refractivity contribution in [3.8, 4) is 11.3 Å². The van der Waals surface area contributed by atoms with Crippen molar-refractivity contribution < 1.29 is 9.63 Å². The maximum atomic E-state index is 12.7. The van der Waals surface area contributed by atoms with Crippen LogP contribution in [0.1, 0.15) is 35.5 Å². The zero-order chi connectivity index (χ0) is 14.3. The molecule has 4 nitrogen and oxygen atoms in total. The predicted molar refractivity (Wildman–Crippen MR) is 76.5 cm³/mol. The molecule has 1 aromatic carbocycles. The third-order valence-corrected chi connectivity index (χ3v) is 4.10. The molecule has 1 aliphatic rings. The molecule has 2 aromatic rings. The highest BCUT2D eigenvalue weighted by atomic mass is 16.5. The second-order valence-corrected chi connectivity index (χ2v) is 5.51. The van der Waals surface area contributed by atoms with Gasteiger partial charge in [0.1, 0.15) is 11.4 Å². The van der Waals surface area contributed by atoms with Crippen LogP contribution in [0.3, 0.4) is 0 Å². The quantitative estimate of drug-likeness (QED) is 0.640. The van der Waals surface area contributed by atoms with E-state index < -0.39 is 0 Å². The molecule has 0 atom stereocenters. The molecule has 0 radical (unpaired) electrons. The van der Waals surface area contributed by atoms with E-state index >= 15 is 0 Å². The Labute approximate surface area is 117 Å². The molecule has 1 N–H and O–H groups in total. The topological polar surface area (TPSA) is 48.1 Å². The largest absolute Gasteiger partial charge is 0.428 e. The second kappa shape index (κ2) is 4.78. The normalized spacial score (nSPS) is 14.1. The zero-order valence-corrected chi connectivity index (χ0v) is 11.9. The first-order valence-electron chi connectivity index (χ1n) is 7.06. The maximum Gasteiger partial charge on any atom is 0.292 e. The number of hydrogen-bond acceptors (Lipinski definition) is 2. The highest BCUT2D eigenvalue weighted by Crippen LogP contribution is 2.25. The molecule has 104 valence electrons. The Bertz CT molecular complexity index is 715. The fourth-order valence-corrected chi connectivity index (χ4v) is 2.94. The van der Waals surface area contributed by atoms with Crippen LogP contribution in [0.15, 0.2) is 24.3 Å². The first-order valence-corrected chi connectivity index (χ1v) is 7.06. The lowest BCUT2D eigenvalue weighted by Crippen LogP contribution is -2.33. The number of aromatic nitrogens is 2. The molecule has 0 bridgehead atoms. The third-order valence-electron chi connectivity index (χ3n) is 4.10. The van der Waals surface area contributed by atoms with Gasteiger partial charge in [0.25, 0.3) is 11.4 Å². The van der Waals surface area contributed by atoms with Crippen LogP contribution in [0.5, 0.6) is 0 Å². The lowest BCUT2D eigenvalue weighted by Gasteiger charge is -2.15. The Kier molecular flexibility index (Phi) is 3.08. The summed E-state index contributed by atoms with van der Waals surface area (Å²) in [7, 11) is 0. The molecular formula is C16H19N2O2+. The van der Waals surface area contributed by atoms with Crippen LogP contribution >= 0.6 is 0 Å². The minimum atomic E-state index is 0.549. The van der Waals surface area contributed by atoms with Gasteiger partial charge in [-0.25, -0.2) is 0 Å². The smallest absolute Gasteiger partial charge is 0.292 e. The van der Waals surface area contributed by atoms with E-state index in [1.165, 1.54) is 4.73 Å². The Morgan fingerprint density at radius 3 is 2.45 bits per heavy atom. The zero-order valence-electron chi connectivity index (χ0n) is 11.9. The summed E-state index contributed by atoms with van der Waals surface area (Å²) >= 11 is 0. The molecule has 0 spiro atoms. The Morgan fingerprint density at radius 2 is 1.75 bits per heavy atom. The molecule has 20 heavy (non-hydrogen) atoms. The number of nitrogens with zero attached hydrogens (tertiary/aromatic N) is 2. The first kappa shape index (κ1) is 12.9. The third kappa shape index (κ3) is 1.92. The van der Waals surface area contributed by atoms with E-state index in [0.29, 0.717) is 17.1 Å². The number of rotatable bonds is 1. The summed E-state index contributed by atoms with van der Waals surface area (Å²) < 4.78 is 2.22. The van der Waals surface area contributed by atoms with Crippen molar-refractivity contribution in [1.29, 1.82) is 0 Å². The predicted octanol–water partition coefficient (Wildman–Crippen LogP) is 2.80. The highest BCUT2D eigenvalue weighted by Gasteiger charge is 2.30. The summed E-state index contributed by atoms with van der Waals surface area (Å²) in [4.78, 5) is 12.7. The molecule has 1 aliphatic carbocycles. The van der Waals surface area contributed by atoms with Crippen molar-refractivity contribution in [2.24, 2.45) is 0 Å². The van der Waals surface area contributed by atoms with E-state index in [9.17, 15) is 10.1 Å². The standard InChI is InChI=1S/C16H19N2O2/c1-11-7-9-13(10-8-11)16-12(2)17(19)14-5-3-4-6-15(14)18(16)20/h7-10,19H,3-6H2,1-2H3/q+1. The van der Waals surface area contributed by atoms with Crippen molar-refractivity contribution >= 4 is 0 Å². The van der Waals surface area contributed by atoms with E-state index in [-0.39, 0.29) is 0 Å². The molecule has 0 unspecified atom stereocenters. The fourth-order valence-electron chi connectivity index (χ4n) is 2.94. The van der Waals surface area contributed by atoms with Gasteiger partial charge in [-0.1, -0.05) is 17.7 Å². The molecule has 0 aliphatic heterocycles. The Morgan fingerprint density at radius 1 is 1.10 bits per heavy atom. The van der Waals surface area contributed by atoms with Crippen LogP contribution in [-0.4, -0.2) is 9.94 Å². The lowest BCUT2D eigenvalue weighted by molar-refractivity contribution is -0.496. The molecule has 0 saturated heterocycles. The Hall–Kier alpha value is -2.10. The van der Waals surface area contributed by atoms with Gasteiger partial charge in [0.15, 0.2) is 0 Å².